The van der Waals surface area contributed by atoms with E-state index in [1.54, 1.807) is 18.3 Å². The van der Waals surface area contributed by atoms with Crippen LogP contribution >= 0.6 is 0 Å². The van der Waals surface area contributed by atoms with Gasteiger partial charge in [-0.05, 0) is 31.0 Å². The largest absolute Gasteiger partial charge is 0.370 e. The van der Waals surface area contributed by atoms with Crippen molar-refractivity contribution in [3.8, 4) is 0 Å². The summed E-state index contributed by atoms with van der Waals surface area (Å²) in [7, 11) is 0. The van der Waals surface area contributed by atoms with Crippen LogP contribution in [0, 0.1) is 16.0 Å². The number of likely N-dealkylation sites (tertiary alicyclic amines) is 1. The van der Waals surface area contributed by atoms with Gasteiger partial charge in [0.05, 0.1) is 4.92 Å². The smallest absolute Gasteiger partial charge is 0.273 e. The first-order valence-corrected chi connectivity index (χ1v) is 7.82. The van der Waals surface area contributed by atoms with E-state index in [0.717, 1.165) is 37.4 Å². The number of hydrogen-bond donors (Lipinski definition) is 1. The second kappa shape index (κ2) is 7.19. The maximum atomic E-state index is 11.1. The van der Waals surface area contributed by atoms with Gasteiger partial charge in [0.1, 0.15) is 5.82 Å². The number of anilines is 1. The van der Waals surface area contributed by atoms with Crippen LogP contribution in [0.25, 0.3) is 0 Å². The van der Waals surface area contributed by atoms with Crippen molar-refractivity contribution in [1.82, 2.24) is 9.88 Å². The van der Waals surface area contributed by atoms with Gasteiger partial charge < -0.3 is 5.32 Å². The van der Waals surface area contributed by atoms with Gasteiger partial charge in [-0.2, -0.15) is 0 Å². The topological polar surface area (TPSA) is 71.3 Å². The monoisotopic (exact) mass is 312 g/mol. The quantitative estimate of drug-likeness (QED) is 0.656. The van der Waals surface area contributed by atoms with E-state index >= 15 is 0 Å². The molecule has 1 N–H and O–H groups in total. The van der Waals surface area contributed by atoms with Crippen LogP contribution in [0.5, 0.6) is 0 Å². The summed E-state index contributed by atoms with van der Waals surface area (Å²) >= 11 is 0. The molecule has 1 saturated heterocycles. The Morgan fingerprint density at radius 2 is 2.09 bits per heavy atom. The molecular weight excluding hydrogens is 292 g/mol. The molecule has 6 nitrogen and oxygen atoms in total. The molecule has 2 aromatic rings. The molecule has 0 radical (unpaired) electrons. The van der Waals surface area contributed by atoms with E-state index in [4.69, 9.17) is 0 Å². The first-order chi connectivity index (χ1) is 11.2. The van der Waals surface area contributed by atoms with Crippen molar-refractivity contribution in [1.29, 1.82) is 0 Å². The van der Waals surface area contributed by atoms with Crippen LogP contribution in [-0.2, 0) is 6.54 Å². The van der Waals surface area contributed by atoms with Gasteiger partial charge in [-0.3, -0.25) is 15.0 Å². The first kappa shape index (κ1) is 15.4. The van der Waals surface area contributed by atoms with Crippen molar-refractivity contribution in [2.75, 3.05) is 25.0 Å². The highest BCUT2D eigenvalue weighted by molar-refractivity contribution is 5.39. The minimum absolute atomic E-state index is 0.211. The molecule has 0 saturated carbocycles. The second-order valence-corrected chi connectivity index (χ2v) is 5.87. The summed E-state index contributed by atoms with van der Waals surface area (Å²) in [6.07, 6.45) is 2.87. The highest BCUT2D eigenvalue weighted by Crippen LogP contribution is 2.24. The Morgan fingerprint density at radius 3 is 2.87 bits per heavy atom. The SMILES string of the molecule is O=[N+]([O-])c1ccccc1CN1CCC(CNc2ccccn2)C1. The number of hydrogen-bond acceptors (Lipinski definition) is 5. The number of benzene rings is 1. The number of nitrogens with zero attached hydrogens (tertiary/aromatic N) is 3. The minimum atomic E-state index is -0.300. The van der Waals surface area contributed by atoms with Gasteiger partial charge in [0.25, 0.3) is 5.69 Å². The van der Waals surface area contributed by atoms with Gasteiger partial charge in [-0.1, -0.05) is 24.3 Å². The summed E-state index contributed by atoms with van der Waals surface area (Å²) < 4.78 is 0. The van der Waals surface area contributed by atoms with E-state index in [1.807, 2.05) is 30.3 Å². The third-order valence-corrected chi connectivity index (χ3v) is 4.19. The Labute approximate surface area is 135 Å². The first-order valence-electron chi connectivity index (χ1n) is 7.82. The number of rotatable bonds is 6. The summed E-state index contributed by atoms with van der Waals surface area (Å²) in [5.74, 6) is 1.43. The minimum Gasteiger partial charge on any atom is -0.370 e. The van der Waals surface area contributed by atoms with E-state index in [0.29, 0.717) is 12.5 Å². The molecule has 1 unspecified atom stereocenters. The van der Waals surface area contributed by atoms with Crippen molar-refractivity contribution < 1.29 is 4.92 Å². The van der Waals surface area contributed by atoms with Crippen molar-refractivity contribution in [2.24, 2.45) is 5.92 Å². The Balaban J connectivity index is 1.53. The Hall–Kier alpha value is -2.47. The zero-order chi connectivity index (χ0) is 16.1. The highest BCUT2D eigenvalue weighted by Gasteiger charge is 2.24. The fraction of sp³-hybridized carbons (Fsp3) is 0.353. The van der Waals surface area contributed by atoms with Crippen LogP contribution in [0.15, 0.2) is 48.7 Å². The van der Waals surface area contributed by atoms with Crippen molar-refractivity contribution in [2.45, 2.75) is 13.0 Å². The summed E-state index contributed by atoms with van der Waals surface area (Å²) in [4.78, 5) is 17.3. The molecule has 1 aliphatic heterocycles. The molecule has 120 valence electrons. The number of nitro benzene ring substituents is 1. The lowest BCUT2D eigenvalue weighted by molar-refractivity contribution is -0.385. The van der Waals surface area contributed by atoms with E-state index < -0.39 is 0 Å². The summed E-state index contributed by atoms with van der Waals surface area (Å²) in [5.41, 5.74) is 0.999. The lowest BCUT2D eigenvalue weighted by atomic mass is 10.1. The molecule has 23 heavy (non-hydrogen) atoms. The number of nitrogens with one attached hydrogen (secondary N) is 1. The fourth-order valence-corrected chi connectivity index (χ4v) is 3.00. The zero-order valence-corrected chi connectivity index (χ0v) is 12.9. The average molecular weight is 312 g/mol. The Bertz CT molecular complexity index is 663. The number of aromatic nitrogens is 1. The second-order valence-electron chi connectivity index (χ2n) is 5.87. The molecule has 0 aliphatic carbocycles. The summed E-state index contributed by atoms with van der Waals surface area (Å²) in [6.45, 7) is 3.44. The van der Waals surface area contributed by atoms with E-state index in [2.05, 4.69) is 15.2 Å². The van der Waals surface area contributed by atoms with Gasteiger partial charge in [-0.15, -0.1) is 0 Å². The van der Waals surface area contributed by atoms with Crippen molar-refractivity contribution >= 4 is 11.5 Å². The number of para-hydroxylation sites is 1. The van der Waals surface area contributed by atoms with Crippen LogP contribution in [0.2, 0.25) is 0 Å². The maximum absolute atomic E-state index is 11.1. The van der Waals surface area contributed by atoms with Gasteiger partial charge in [-0.25, -0.2) is 4.98 Å². The van der Waals surface area contributed by atoms with E-state index in [9.17, 15) is 10.1 Å². The average Bonchev–Trinajstić information content (AvgIpc) is 3.02. The Kier molecular flexibility index (Phi) is 4.83. The van der Waals surface area contributed by atoms with Crippen LogP contribution in [-0.4, -0.2) is 34.4 Å². The molecule has 0 spiro atoms. The molecule has 1 aromatic carbocycles. The molecular formula is C17H20N4O2. The third kappa shape index (κ3) is 4.04. The van der Waals surface area contributed by atoms with Crippen molar-refractivity contribution in [3.63, 3.8) is 0 Å². The third-order valence-electron chi connectivity index (χ3n) is 4.19. The van der Waals surface area contributed by atoms with Gasteiger partial charge >= 0.3 is 0 Å². The molecule has 2 heterocycles. The number of nitro groups is 1. The molecule has 3 rings (SSSR count). The zero-order valence-electron chi connectivity index (χ0n) is 12.9. The maximum Gasteiger partial charge on any atom is 0.273 e. The highest BCUT2D eigenvalue weighted by atomic mass is 16.6. The van der Waals surface area contributed by atoms with E-state index in [1.165, 1.54) is 0 Å². The van der Waals surface area contributed by atoms with E-state index in [-0.39, 0.29) is 10.6 Å². The van der Waals surface area contributed by atoms with Gasteiger partial charge in [0.2, 0.25) is 0 Å². The van der Waals surface area contributed by atoms with Gasteiger partial charge in [0.15, 0.2) is 0 Å². The summed E-state index contributed by atoms with van der Waals surface area (Å²) in [6, 6.07) is 12.8. The lowest BCUT2D eigenvalue weighted by Gasteiger charge is -2.16. The van der Waals surface area contributed by atoms with Crippen LogP contribution in [0.1, 0.15) is 12.0 Å². The summed E-state index contributed by atoms with van der Waals surface area (Å²) in [5, 5.41) is 14.4. The predicted octanol–water partition coefficient (Wildman–Crippen LogP) is 2.92. The molecule has 0 bridgehead atoms. The fourth-order valence-electron chi connectivity index (χ4n) is 3.00. The van der Waals surface area contributed by atoms with Gasteiger partial charge in [0, 0.05) is 37.5 Å². The number of pyridine rings is 1. The Morgan fingerprint density at radius 1 is 1.26 bits per heavy atom. The molecule has 1 atom stereocenters. The van der Waals surface area contributed by atoms with Crippen molar-refractivity contribution in [3.05, 3.63) is 64.3 Å². The normalized spacial score (nSPS) is 18.0. The van der Waals surface area contributed by atoms with Crippen LogP contribution < -0.4 is 5.32 Å². The lowest BCUT2D eigenvalue weighted by Crippen LogP contribution is -2.23. The van der Waals surface area contributed by atoms with Crippen LogP contribution in [0.4, 0.5) is 11.5 Å². The standard InChI is InChI=1S/C17H20N4O2/c22-21(23)16-6-2-1-5-15(16)13-20-10-8-14(12-20)11-19-17-7-3-4-9-18-17/h1-7,9,14H,8,10-13H2,(H,18,19). The molecule has 1 aliphatic rings. The molecule has 1 aromatic heterocycles. The molecule has 1 fully saturated rings. The predicted molar refractivity (Wildman–Crippen MR) is 89.2 cm³/mol. The molecule has 6 heteroatoms. The van der Waals surface area contributed by atoms with Crippen LogP contribution in [0.3, 0.4) is 0 Å². The molecule has 0 amide bonds.